The van der Waals surface area contributed by atoms with Gasteiger partial charge in [0, 0.05) is 22.5 Å². The molecule has 0 saturated heterocycles. The first-order chi connectivity index (χ1) is 8.66. The van der Waals surface area contributed by atoms with Gasteiger partial charge in [-0.1, -0.05) is 22.4 Å². The molecule has 1 N–H and O–H groups in total. The number of benzene rings is 1. The summed E-state index contributed by atoms with van der Waals surface area (Å²) in [5.41, 5.74) is 0.531. The fraction of sp³-hybridized carbons (Fsp3) is 0.500. The highest BCUT2D eigenvalue weighted by molar-refractivity contribution is 9.10. The van der Waals surface area contributed by atoms with Crippen LogP contribution in [0.3, 0.4) is 0 Å². The molecule has 4 heteroatoms. The van der Waals surface area contributed by atoms with Crippen molar-refractivity contribution in [1.29, 1.82) is 0 Å². The summed E-state index contributed by atoms with van der Waals surface area (Å²) in [4.78, 5) is 11.9. The largest absolute Gasteiger partial charge is 0.352 e. The van der Waals surface area contributed by atoms with E-state index in [1.54, 1.807) is 12.1 Å². The van der Waals surface area contributed by atoms with Crippen LogP contribution in [0.1, 0.15) is 24.8 Å². The lowest BCUT2D eigenvalue weighted by atomic mass is 10.1. The van der Waals surface area contributed by atoms with E-state index in [9.17, 15) is 9.18 Å². The molecule has 2 nitrogen and oxygen atoms in total. The van der Waals surface area contributed by atoms with Gasteiger partial charge in [0.2, 0.25) is 5.91 Å². The summed E-state index contributed by atoms with van der Waals surface area (Å²) in [6.07, 6.45) is 3.64. The van der Waals surface area contributed by atoms with Crippen molar-refractivity contribution in [3.05, 3.63) is 34.1 Å². The molecule has 2 aliphatic carbocycles. The topological polar surface area (TPSA) is 29.1 Å². The number of halogens is 2. The first-order valence-corrected chi connectivity index (χ1v) is 7.18. The molecule has 2 fully saturated rings. The van der Waals surface area contributed by atoms with E-state index in [-0.39, 0.29) is 24.2 Å². The predicted molar refractivity (Wildman–Crippen MR) is 70.3 cm³/mol. The molecule has 0 aliphatic heterocycles. The second-order valence-corrected chi connectivity index (χ2v) is 6.15. The van der Waals surface area contributed by atoms with Gasteiger partial charge in [-0.05, 0) is 42.9 Å². The van der Waals surface area contributed by atoms with E-state index in [0.717, 1.165) is 4.47 Å². The Morgan fingerprint density at radius 2 is 2.11 bits per heavy atom. The fourth-order valence-corrected chi connectivity index (χ4v) is 3.60. The molecule has 0 radical (unpaired) electrons. The molecule has 1 amide bonds. The molecule has 2 unspecified atom stereocenters. The van der Waals surface area contributed by atoms with Crippen molar-refractivity contribution in [2.75, 3.05) is 0 Å². The van der Waals surface area contributed by atoms with E-state index in [4.69, 9.17) is 0 Å². The lowest BCUT2D eigenvalue weighted by Crippen LogP contribution is -2.26. The van der Waals surface area contributed by atoms with Crippen LogP contribution in [0.5, 0.6) is 0 Å². The van der Waals surface area contributed by atoms with Gasteiger partial charge < -0.3 is 5.32 Å². The van der Waals surface area contributed by atoms with E-state index < -0.39 is 0 Å². The zero-order valence-electron chi connectivity index (χ0n) is 9.96. The Morgan fingerprint density at radius 3 is 2.83 bits per heavy atom. The quantitative estimate of drug-likeness (QED) is 0.912. The minimum atomic E-state index is -0.269. The first kappa shape index (κ1) is 12.2. The molecule has 3 rings (SSSR count). The summed E-state index contributed by atoms with van der Waals surface area (Å²) in [5.74, 6) is 1.25. The normalized spacial score (nSPS) is 28.9. The number of amides is 1. The standard InChI is InChI=1S/C14H15BrFNO/c15-9-4-5-12(16)8(6-9)7-17-14(18)13-10-2-1-3-11(10)13/h4-6,10-11,13H,1-3,7H2,(H,17,18). The molecule has 0 spiro atoms. The third-order valence-corrected chi connectivity index (χ3v) is 4.66. The highest BCUT2D eigenvalue weighted by Crippen LogP contribution is 2.57. The number of nitrogens with one attached hydrogen (secondary N) is 1. The summed E-state index contributed by atoms with van der Waals surface area (Å²) < 4.78 is 14.3. The van der Waals surface area contributed by atoms with E-state index in [0.29, 0.717) is 17.4 Å². The van der Waals surface area contributed by atoms with Crippen molar-refractivity contribution in [3.8, 4) is 0 Å². The molecule has 96 valence electrons. The summed E-state index contributed by atoms with van der Waals surface area (Å²) in [7, 11) is 0. The number of carbonyl (C=O) groups is 1. The van der Waals surface area contributed by atoms with Crippen LogP contribution in [0.15, 0.2) is 22.7 Å². The average molecular weight is 312 g/mol. The highest BCUT2D eigenvalue weighted by atomic mass is 79.9. The maximum Gasteiger partial charge on any atom is 0.223 e. The van der Waals surface area contributed by atoms with Gasteiger partial charge in [0.05, 0.1) is 0 Å². The minimum Gasteiger partial charge on any atom is -0.352 e. The Labute approximate surface area is 114 Å². The Balaban J connectivity index is 1.58. The Bertz CT molecular complexity index is 481. The van der Waals surface area contributed by atoms with Crippen molar-refractivity contribution in [3.63, 3.8) is 0 Å². The molecule has 2 saturated carbocycles. The summed E-state index contributed by atoms with van der Waals surface area (Å²) in [5, 5.41) is 2.86. The maximum atomic E-state index is 13.5. The SMILES string of the molecule is O=C(NCc1cc(Br)ccc1F)C1C2CCCC21. The Kier molecular flexibility index (Phi) is 3.14. The number of carbonyl (C=O) groups excluding carboxylic acids is 1. The molecular formula is C14H15BrFNO. The minimum absolute atomic E-state index is 0.101. The summed E-state index contributed by atoms with van der Waals surface area (Å²) in [6, 6.07) is 4.78. The number of rotatable bonds is 3. The van der Waals surface area contributed by atoms with E-state index in [1.165, 1.54) is 25.3 Å². The second kappa shape index (κ2) is 4.65. The first-order valence-electron chi connectivity index (χ1n) is 6.38. The molecule has 0 aromatic heterocycles. The van der Waals surface area contributed by atoms with Crippen LogP contribution >= 0.6 is 15.9 Å². The molecule has 0 bridgehead atoms. The van der Waals surface area contributed by atoms with Crippen molar-refractivity contribution in [2.24, 2.45) is 17.8 Å². The lowest BCUT2D eigenvalue weighted by molar-refractivity contribution is -0.123. The van der Waals surface area contributed by atoms with E-state index in [1.807, 2.05) is 0 Å². The molecule has 1 aromatic rings. The Hall–Kier alpha value is -0.900. The second-order valence-electron chi connectivity index (χ2n) is 5.24. The third-order valence-electron chi connectivity index (χ3n) is 4.17. The van der Waals surface area contributed by atoms with Crippen LogP contribution in [0.2, 0.25) is 0 Å². The van der Waals surface area contributed by atoms with Crippen molar-refractivity contribution < 1.29 is 9.18 Å². The number of hydrogen-bond acceptors (Lipinski definition) is 1. The maximum absolute atomic E-state index is 13.5. The smallest absolute Gasteiger partial charge is 0.223 e. The fourth-order valence-electron chi connectivity index (χ4n) is 3.19. The van der Waals surface area contributed by atoms with Crippen LogP contribution in [0.25, 0.3) is 0 Å². The monoisotopic (exact) mass is 311 g/mol. The van der Waals surface area contributed by atoms with Crippen LogP contribution in [0, 0.1) is 23.6 Å². The van der Waals surface area contributed by atoms with Gasteiger partial charge >= 0.3 is 0 Å². The zero-order valence-corrected chi connectivity index (χ0v) is 11.5. The molecule has 2 atom stereocenters. The molecule has 0 heterocycles. The van der Waals surface area contributed by atoms with Crippen molar-refractivity contribution in [1.82, 2.24) is 5.32 Å². The predicted octanol–water partition coefficient (Wildman–Crippen LogP) is 3.25. The zero-order chi connectivity index (χ0) is 12.7. The summed E-state index contributed by atoms with van der Waals surface area (Å²) in [6.45, 7) is 0.278. The van der Waals surface area contributed by atoms with Crippen molar-refractivity contribution in [2.45, 2.75) is 25.8 Å². The highest BCUT2D eigenvalue weighted by Gasteiger charge is 2.56. The van der Waals surface area contributed by atoms with Crippen molar-refractivity contribution >= 4 is 21.8 Å². The molecule has 1 aromatic carbocycles. The van der Waals surface area contributed by atoms with Gasteiger partial charge in [0.1, 0.15) is 5.82 Å². The molecular weight excluding hydrogens is 297 g/mol. The number of fused-ring (bicyclic) bond motifs is 1. The Morgan fingerprint density at radius 1 is 1.39 bits per heavy atom. The third kappa shape index (κ3) is 2.18. The van der Waals surface area contributed by atoms with E-state index in [2.05, 4.69) is 21.2 Å². The van der Waals surface area contributed by atoms with Gasteiger partial charge in [-0.15, -0.1) is 0 Å². The van der Waals surface area contributed by atoms with Crippen LogP contribution < -0.4 is 5.32 Å². The van der Waals surface area contributed by atoms with Gasteiger partial charge in [-0.3, -0.25) is 4.79 Å². The van der Waals surface area contributed by atoms with Crippen LogP contribution in [-0.4, -0.2) is 5.91 Å². The lowest BCUT2D eigenvalue weighted by Gasteiger charge is -2.08. The van der Waals surface area contributed by atoms with E-state index >= 15 is 0 Å². The van der Waals surface area contributed by atoms with Gasteiger partial charge in [0.25, 0.3) is 0 Å². The average Bonchev–Trinajstić information content (AvgIpc) is 2.84. The van der Waals surface area contributed by atoms with Crippen LogP contribution in [-0.2, 0) is 11.3 Å². The molecule has 18 heavy (non-hydrogen) atoms. The van der Waals surface area contributed by atoms with Crippen LogP contribution in [0.4, 0.5) is 4.39 Å². The van der Waals surface area contributed by atoms with Gasteiger partial charge in [0.15, 0.2) is 0 Å². The van der Waals surface area contributed by atoms with Gasteiger partial charge in [-0.25, -0.2) is 4.39 Å². The summed E-state index contributed by atoms with van der Waals surface area (Å²) >= 11 is 3.30. The number of hydrogen-bond donors (Lipinski definition) is 1. The van der Waals surface area contributed by atoms with Gasteiger partial charge in [-0.2, -0.15) is 0 Å². The molecule has 2 aliphatic rings.